The van der Waals surface area contributed by atoms with Crippen molar-refractivity contribution in [3.05, 3.63) is 114 Å². The maximum absolute atomic E-state index is 12.7. The number of phenolic OH excluding ortho intramolecular Hbond substituents is 2. The molecule has 0 atom stereocenters. The van der Waals surface area contributed by atoms with E-state index in [0.717, 1.165) is 60.7 Å². The highest BCUT2D eigenvalue weighted by Gasteiger charge is 2.23. The number of amides is 2. The number of hydrogen-bond donors (Lipinski definition) is 9. The molecule has 0 aliphatic carbocycles. The molecule has 0 bridgehead atoms. The first-order valence-corrected chi connectivity index (χ1v) is 23.9. The van der Waals surface area contributed by atoms with Gasteiger partial charge in [-0.05, 0) is 84.4 Å². The molecular weight excluding hydrogens is 941 g/mol. The van der Waals surface area contributed by atoms with Gasteiger partial charge in [-0.25, -0.2) is 0 Å². The number of fused-ring (bicyclic) bond motifs is 2. The number of phenols is 2. The van der Waals surface area contributed by atoms with Gasteiger partial charge in [0.1, 0.15) is 11.5 Å². The molecule has 0 aliphatic heterocycles. The zero-order chi connectivity index (χ0) is 47.2. The van der Waals surface area contributed by atoms with Crippen molar-refractivity contribution in [1.82, 2.24) is 0 Å². The van der Waals surface area contributed by atoms with Crippen LogP contribution in [0.5, 0.6) is 11.5 Å². The number of nitrogens with one attached hydrogen (secondary N) is 2. The summed E-state index contributed by atoms with van der Waals surface area (Å²) < 4.78 is 161. The summed E-state index contributed by atoms with van der Waals surface area (Å²) in [7, 11) is -23.8. The Morgan fingerprint density at radius 3 is 1.08 bits per heavy atom. The van der Waals surface area contributed by atoms with Crippen LogP contribution in [0.2, 0.25) is 0 Å². The number of anilines is 2. The van der Waals surface area contributed by atoms with Crippen LogP contribution in [0.4, 0.5) is 11.4 Å². The summed E-state index contributed by atoms with van der Waals surface area (Å²) in [6.45, 7) is 1.31. The van der Waals surface area contributed by atoms with Gasteiger partial charge >= 0.3 is 0 Å². The molecule has 6 aromatic carbocycles. The van der Waals surface area contributed by atoms with Gasteiger partial charge in [-0.1, -0.05) is 18.2 Å². The van der Waals surface area contributed by atoms with Crippen LogP contribution in [0.3, 0.4) is 0 Å². The standard InChI is InChI=1S/C19H15NO9S2.C17H13NO11S3/c1-10(21)11-3-2-4-12(5-11)19(23)20-16-8-14(30(24,25)26)6-13-7-15(31(27,28)29)9-17(22)18(13)16;19-15-8-13(32(27,28)29)6-10-5-12(31(24,25)26)7-14(16(10)15)18-17(20)9-2-1-3-11(4-9)30(21,22)23/h2-9,22H,1H3,(H,20,23)(H,24,25,26)(H,27,28,29);1-8,19H,(H,18,20)(H,21,22,23)(H,24,25,26)(H,27,28,29). The van der Waals surface area contributed by atoms with Crippen LogP contribution in [0.25, 0.3) is 21.5 Å². The average Bonchev–Trinajstić information content (AvgIpc) is 3.16. The summed E-state index contributed by atoms with van der Waals surface area (Å²) in [5, 5.41) is 24.3. The predicted octanol–water partition coefficient (Wildman–Crippen LogP) is 4.03. The lowest BCUT2D eigenvalue weighted by Gasteiger charge is -2.13. The summed E-state index contributed by atoms with van der Waals surface area (Å²) in [5.74, 6) is -3.50. The van der Waals surface area contributed by atoms with Crippen LogP contribution in [0.1, 0.15) is 38.0 Å². The summed E-state index contributed by atoms with van der Waals surface area (Å²) in [6, 6.07) is 16.2. The van der Waals surface area contributed by atoms with E-state index in [1.165, 1.54) is 37.3 Å². The van der Waals surface area contributed by atoms with Crippen LogP contribution < -0.4 is 10.6 Å². The van der Waals surface area contributed by atoms with Gasteiger partial charge < -0.3 is 20.8 Å². The number of rotatable bonds is 10. The summed E-state index contributed by atoms with van der Waals surface area (Å²) in [4.78, 5) is 33.3. The fraction of sp³-hybridized carbons (Fsp3) is 0.0278. The molecule has 6 aromatic rings. The van der Waals surface area contributed by atoms with Gasteiger partial charge in [-0.15, -0.1) is 0 Å². The van der Waals surface area contributed by atoms with Gasteiger partial charge in [0, 0.05) is 39.6 Å². The molecule has 9 N–H and O–H groups in total. The lowest BCUT2D eigenvalue weighted by atomic mass is 10.1. The second kappa shape index (κ2) is 17.0. The van der Waals surface area contributed by atoms with E-state index in [9.17, 15) is 84.9 Å². The fourth-order valence-corrected chi connectivity index (χ4v) is 8.42. The quantitative estimate of drug-likeness (QED) is 0.0691. The summed E-state index contributed by atoms with van der Waals surface area (Å²) in [6.07, 6.45) is 0. The maximum atomic E-state index is 12.7. The van der Waals surface area contributed by atoms with Gasteiger partial charge in [0.25, 0.3) is 62.4 Å². The van der Waals surface area contributed by atoms with Gasteiger partial charge in [0.05, 0.1) is 35.9 Å². The molecule has 332 valence electrons. The van der Waals surface area contributed by atoms with Crippen LogP contribution >= 0.6 is 0 Å². The molecule has 22 nitrogen and oxygen atoms in total. The fourth-order valence-electron chi connectivity index (χ4n) is 5.74. The number of carbonyl (C=O) groups excluding carboxylic acids is 3. The third-order valence-corrected chi connectivity index (χ3v) is 12.7. The summed E-state index contributed by atoms with van der Waals surface area (Å²) >= 11 is 0. The Bertz CT molecular complexity index is 3510. The Kier molecular flexibility index (Phi) is 12.9. The molecule has 0 aromatic heterocycles. The monoisotopic (exact) mass is 968 g/mol. The lowest BCUT2D eigenvalue weighted by molar-refractivity contribution is 0.101. The zero-order valence-corrected chi connectivity index (χ0v) is 35.3. The van der Waals surface area contributed by atoms with Crippen LogP contribution in [-0.4, -0.2) is 92.7 Å². The minimum Gasteiger partial charge on any atom is -0.507 e. The van der Waals surface area contributed by atoms with E-state index in [1.807, 2.05) is 0 Å². The molecule has 63 heavy (non-hydrogen) atoms. The Balaban J connectivity index is 0.000000238. The Labute approximate surface area is 356 Å². The first-order chi connectivity index (χ1) is 28.8. The van der Waals surface area contributed by atoms with E-state index in [2.05, 4.69) is 10.6 Å². The Hall–Kier alpha value is -6.40. The molecule has 27 heteroatoms. The number of carbonyl (C=O) groups is 3. The van der Waals surface area contributed by atoms with E-state index in [4.69, 9.17) is 4.55 Å². The van der Waals surface area contributed by atoms with Crippen LogP contribution in [0, 0.1) is 0 Å². The van der Waals surface area contributed by atoms with E-state index in [1.54, 1.807) is 0 Å². The highest BCUT2D eigenvalue weighted by molar-refractivity contribution is 7.86. The number of Topliss-reactive ketones (excluding diaryl/α,β-unsaturated/α-hetero) is 1. The topological polar surface area (TPSA) is 388 Å². The van der Waals surface area contributed by atoms with E-state index in [-0.39, 0.29) is 49.7 Å². The van der Waals surface area contributed by atoms with Gasteiger partial charge in [-0.3, -0.25) is 37.1 Å². The van der Waals surface area contributed by atoms with Gasteiger partial charge in [-0.2, -0.15) is 42.1 Å². The SMILES string of the molecule is CC(=O)c1cccc(C(=O)Nc2cc(S(=O)(=O)O)cc3cc(S(=O)(=O)O)cc(O)c23)c1.O=C(Nc1cc(S(=O)(=O)O)cc2cc(S(=O)(=O)O)cc(O)c12)c1cccc(S(=O)(=O)O)c1. The third kappa shape index (κ3) is 11.2. The number of benzene rings is 6. The molecule has 0 spiro atoms. The molecule has 2 amide bonds. The minimum atomic E-state index is -4.86. The molecule has 0 saturated carbocycles. The minimum absolute atomic E-state index is 0.0483. The molecular formula is C36H28N2O20S5. The normalized spacial score (nSPS) is 12.3. The Morgan fingerprint density at radius 1 is 0.413 bits per heavy atom. The Morgan fingerprint density at radius 2 is 0.730 bits per heavy atom. The van der Waals surface area contributed by atoms with Crippen molar-refractivity contribution in [2.24, 2.45) is 0 Å². The van der Waals surface area contributed by atoms with E-state index < -0.39 is 104 Å². The van der Waals surface area contributed by atoms with Crippen molar-refractivity contribution in [3.63, 3.8) is 0 Å². The molecule has 0 heterocycles. The second-order valence-electron chi connectivity index (χ2n) is 13.0. The second-order valence-corrected chi connectivity index (χ2v) is 20.1. The van der Waals surface area contributed by atoms with Crippen molar-refractivity contribution in [1.29, 1.82) is 0 Å². The third-order valence-electron chi connectivity index (χ3n) is 8.56. The number of hydrogen-bond acceptors (Lipinski definition) is 15. The van der Waals surface area contributed by atoms with Crippen molar-refractivity contribution in [3.8, 4) is 11.5 Å². The molecule has 0 radical (unpaired) electrons. The average molecular weight is 969 g/mol. The van der Waals surface area contributed by atoms with Crippen molar-refractivity contribution in [2.45, 2.75) is 31.4 Å². The summed E-state index contributed by atoms with van der Waals surface area (Å²) in [5.41, 5.74) is -0.629. The van der Waals surface area contributed by atoms with Crippen molar-refractivity contribution in [2.75, 3.05) is 10.6 Å². The number of aromatic hydroxyl groups is 2. The van der Waals surface area contributed by atoms with Gasteiger partial charge in [0.2, 0.25) is 0 Å². The van der Waals surface area contributed by atoms with E-state index in [0.29, 0.717) is 6.07 Å². The molecule has 0 saturated heterocycles. The first-order valence-electron chi connectivity index (χ1n) is 16.7. The number of ketones is 1. The molecule has 0 unspecified atom stereocenters. The van der Waals surface area contributed by atoms with Crippen LogP contribution in [-0.2, 0) is 50.6 Å². The van der Waals surface area contributed by atoms with Crippen molar-refractivity contribution < 1.29 is 89.4 Å². The molecule has 6 rings (SSSR count). The van der Waals surface area contributed by atoms with Gasteiger partial charge in [0.15, 0.2) is 5.78 Å². The molecule has 0 aliphatic rings. The highest BCUT2D eigenvalue weighted by Crippen LogP contribution is 2.38. The smallest absolute Gasteiger partial charge is 0.294 e. The van der Waals surface area contributed by atoms with E-state index >= 15 is 0 Å². The largest absolute Gasteiger partial charge is 0.507 e. The predicted molar refractivity (Wildman–Crippen MR) is 219 cm³/mol. The van der Waals surface area contributed by atoms with Crippen LogP contribution in [0.15, 0.2) is 122 Å². The van der Waals surface area contributed by atoms with Crippen molar-refractivity contribution >= 4 is 101 Å². The first kappa shape index (κ1) is 47.6. The maximum Gasteiger partial charge on any atom is 0.294 e. The molecule has 0 fully saturated rings. The highest BCUT2D eigenvalue weighted by atomic mass is 32.2. The zero-order valence-electron chi connectivity index (χ0n) is 31.2. The lowest BCUT2D eigenvalue weighted by Crippen LogP contribution is -2.14.